The van der Waals surface area contributed by atoms with Crippen molar-refractivity contribution in [3.8, 4) is 0 Å². The molecular formula is C10H20ClN. The topological polar surface area (TPSA) is 3.24 Å². The van der Waals surface area contributed by atoms with Crippen molar-refractivity contribution in [1.29, 1.82) is 0 Å². The van der Waals surface area contributed by atoms with E-state index >= 15 is 0 Å². The molecule has 1 nitrogen and oxygen atoms in total. The highest BCUT2D eigenvalue weighted by atomic mass is 35.5. The largest absolute Gasteiger partial charge is 0.303 e. The molecule has 1 rings (SSSR count). The highest BCUT2D eigenvalue weighted by Crippen LogP contribution is 2.19. The first kappa shape index (κ1) is 10.3. The molecule has 1 unspecified atom stereocenters. The van der Waals surface area contributed by atoms with Crippen molar-refractivity contribution in [2.75, 3.05) is 25.5 Å². The van der Waals surface area contributed by atoms with Crippen LogP contribution in [0.1, 0.15) is 32.6 Å². The van der Waals surface area contributed by atoms with Crippen molar-refractivity contribution >= 4 is 11.6 Å². The minimum atomic E-state index is 0.840. The molecule has 0 amide bonds. The number of rotatable bonds is 5. The molecule has 1 saturated heterocycles. The molecule has 0 N–H and O–H groups in total. The highest BCUT2D eigenvalue weighted by molar-refractivity contribution is 6.17. The Morgan fingerprint density at radius 2 is 2.33 bits per heavy atom. The Morgan fingerprint density at radius 3 is 3.00 bits per heavy atom. The van der Waals surface area contributed by atoms with Gasteiger partial charge in [0.2, 0.25) is 0 Å². The number of alkyl halides is 1. The van der Waals surface area contributed by atoms with E-state index in [0.29, 0.717) is 0 Å². The van der Waals surface area contributed by atoms with Crippen LogP contribution in [-0.4, -0.2) is 30.4 Å². The van der Waals surface area contributed by atoms with E-state index in [2.05, 4.69) is 11.8 Å². The first-order valence-electron chi connectivity index (χ1n) is 5.15. The molecular weight excluding hydrogens is 170 g/mol. The number of unbranched alkanes of at least 4 members (excludes halogenated alkanes) is 1. The van der Waals surface area contributed by atoms with Crippen LogP contribution in [0, 0.1) is 5.92 Å². The number of hydrogen-bond acceptors (Lipinski definition) is 1. The van der Waals surface area contributed by atoms with Crippen molar-refractivity contribution in [2.24, 2.45) is 5.92 Å². The Hall–Kier alpha value is 0.250. The lowest BCUT2D eigenvalue weighted by Gasteiger charge is -2.14. The second kappa shape index (κ2) is 5.82. The highest BCUT2D eigenvalue weighted by Gasteiger charge is 2.20. The molecule has 0 aromatic heterocycles. The summed E-state index contributed by atoms with van der Waals surface area (Å²) in [5.74, 6) is 1.73. The van der Waals surface area contributed by atoms with Crippen LogP contribution in [-0.2, 0) is 0 Å². The fraction of sp³-hybridized carbons (Fsp3) is 1.00. The lowest BCUT2D eigenvalue weighted by molar-refractivity contribution is 0.317. The van der Waals surface area contributed by atoms with Gasteiger partial charge in [0.1, 0.15) is 0 Å². The van der Waals surface area contributed by atoms with Gasteiger partial charge in [0, 0.05) is 12.4 Å². The number of nitrogens with zero attached hydrogens (tertiary/aromatic N) is 1. The maximum Gasteiger partial charge on any atom is 0.0226 e. The second-order valence-electron chi connectivity index (χ2n) is 3.79. The molecule has 1 aliphatic rings. The Labute approximate surface area is 81.1 Å². The van der Waals surface area contributed by atoms with Gasteiger partial charge in [-0.25, -0.2) is 0 Å². The van der Waals surface area contributed by atoms with Crippen LogP contribution >= 0.6 is 11.6 Å². The van der Waals surface area contributed by atoms with E-state index < -0.39 is 0 Å². The maximum atomic E-state index is 5.72. The molecule has 2 heteroatoms. The number of halogens is 1. The normalized spacial score (nSPS) is 25.0. The average molecular weight is 190 g/mol. The zero-order chi connectivity index (χ0) is 8.81. The summed E-state index contributed by atoms with van der Waals surface area (Å²) in [5, 5.41) is 0. The lowest BCUT2D eigenvalue weighted by Crippen LogP contribution is -2.21. The summed E-state index contributed by atoms with van der Waals surface area (Å²) >= 11 is 5.72. The van der Waals surface area contributed by atoms with Gasteiger partial charge >= 0.3 is 0 Å². The minimum absolute atomic E-state index is 0.840. The van der Waals surface area contributed by atoms with Crippen LogP contribution in [0.15, 0.2) is 0 Å². The molecule has 0 bridgehead atoms. The SMILES string of the molecule is CCCCN1CCC(CCCl)C1. The summed E-state index contributed by atoms with van der Waals surface area (Å²) in [4.78, 5) is 2.58. The van der Waals surface area contributed by atoms with E-state index in [1.54, 1.807) is 0 Å². The summed E-state index contributed by atoms with van der Waals surface area (Å²) < 4.78 is 0. The lowest BCUT2D eigenvalue weighted by atomic mass is 10.1. The van der Waals surface area contributed by atoms with Gasteiger partial charge in [0.05, 0.1) is 0 Å². The van der Waals surface area contributed by atoms with Gasteiger partial charge in [0.25, 0.3) is 0 Å². The molecule has 72 valence electrons. The molecule has 12 heavy (non-hydrogen) atoms. The molecule has 1 fully saturated rings. The Balaban J connectivity index is 2.08. The van der Waals surface area contributed by atoms with E-state index in [1.807, 2.05) is 0 Å². The maximum absolute atomic E-state index is 5.72. The van der Waals surface area contributed by atoms with Crippen LogP contribution in [0.4, 0.5) is 0 Å². The van der Waals surface area contributed by atoms with Gasteiger partial charge < -0.3 is 4.90 Å². The summed E-state index contributed by atoms with van der Waals surface area (Å²) in [6, 6.07) is 0. The van der Waals surface area contributed by atoms with E-state index in [0.717, 1.165) is 11.8 Å². The quantitative estimate of drug-likeness (QED) is 0.602. The van der Waals surface area contributed by atoms with Gasteiger partial charge in [-0.1, -0.05) is 13.3 Å². The predicted octanol–water partition coefficient (Wildman–Crippen LogP) is 2.74. The van der Waals surface area contributed by atoms with Crippen molar-refractivity contribution in [3.05, 3.63) is 0 Å². The average Bonchev–Trinajstić information content (AvgIpc) is 2.50. The molecule has 1 atom stereocenters. The Bertz CT molecular complexity index is 116. The molecule has 0 aliphatic carbocycles. The molecule has 1 heterocycles. The van der Waals surface area contributed by atoms with Crippen LogP contribution in [0.2, 0.25) is 0 Å². The fourth-order valence-electron chi connectivity index (χ4n) is 1.89. The van der Waals surface area contributed by atoms with Crippen LogP contribution in [0.25, 0.3) is 0 Å². The third-order valence-corrected chi connectivity index (χ3v) is 2.93. The van der Waals surface area contributed by atoms with Gasteiger partial charge in [-0.05, 0) is 38.3 Å². The third kappa shape index (κ3) is 3.32. The Morgan fingerprint density at radius 1 is 1.50 bits per heavy atom. The predicted molar refractivity (Wildman–Crippen MR) is 54.8 cm³/mol. The van der Waals surface area contributed by atoms with Crippen molar-refractivity contribution < 1.29 is 0 Å². The summed E-state index contributed by atoms with van der Waals surface area (Å²) in [6.07, 6.45) is 5.25. The standard InChI is InChI=1S/C10H20ClN/c1-2-3-7-12-8-5-10(9-12)4-6-11/h10H,2-9H2,1H3. The van der Waals surface area contributed by atoms with Crippen LogP contribution in [0.5, 0.6) is 0 Å². The van der Waals surface area contributed by atoms with E-state index in [9.17, 15) is 0 Å². The zero-order valence-corrected chi connectivity index (χ0v) is 8.82. The van der Waals surface area contributed by atoms with Crippen molar-refractivity contribution in [3.63, 3.8) is 0 Å². The third-order valence-electron chi connectivity index (χ3n) is 2.72. The first-order valence-corrected chi connectivity index (χ1v) is 5.68. The Kier molecular flexibility index (Phi) is 5.01. The van der Waals surface area contributed by atoms with E-state index in [1.165, 1.54) is 45.3 Å². The molecule has 1 aliphatic heterocycles. The van der Waals surface area contributed by atoms with Crippen molar-refractivity contribution in [2.45, 2.75) is 32.6 Å². The number of likely N-dealkylation sites (tertiary alicyclic amines) is 1. The first-order chi connectivity index (χ1) is 5.86. The molecule has 0 aromatic rings. The van der Waals surface area contributed by atoms with Gasteiger partial charge in [-0.3, -0.25) is 0 Å². The van der Waals surface area contributed by atoms with Crippen LogP contribution in [0.3, 0.4) is 0 Å². The molecule has 0 spiro atoms. The molecule has 0 aromatic carbocycles. The second-order valence-corrected chi connectivity index (χ2v) is 4.16. The smallest absolute Gasteiger partial charge is 0.0226 e. The van der Waals surface area contributed by atoms with Crippen molar-refractivity contribution in [1.82, 2.24) is 4.90 Å². The summed E-state index contributed by atoms with van der Waals surface area (Å²) in [6.45, 7) is 6.16. The fourth-order valence-corrected chi connectivity index (χ4v) is 2.20. The van der Waals surface area contributed by atoms with E-state index in [4.69, 9.17) is 11.6 Å². The van der Waals surface area contributed by atoms with Crippen LogP contribution < -0.4 is 0 Å². The van der Waals surface area contributed by atoms with Gasteiger partial charge in [0.15, 0.2) is 0 Å². The van der Waals surface area contributed by atoms with Gasteiger partial charge in [-0.2, -0.15) is 0 Å². The summed E-state index contributed by atoms with van der Waals surface area (Å²) in [7, 11) is 0. The zero-order valence-electron chi connectivity index (χ0n) is 8.06. The number of hydrogen-bond donors (Lipinski definition) is 0. The molecule has 0 saturated carbocycles. The minimum Gasteiger partial charge on any atom is -0.303 e. The van der Waals surface area contributed by atoms with Gasteiger partial charge in [-0.15, -0.1) is 11.6 Å². The summed E-state index contributed by atoms with van der Waals surface area (Å²) in [5.41, 5.74) is 0. The van der Waals surface area contributed by atoms with E-state index in [-0.39, 0.29) is 0 Å². The molecule has 0 radical (unpaired) electrons. The monoisotopic (exact) mass is 189 g/mol.